The summed E-state index contributed by atoms with van der Waals surface area (Å²) in [5, 5.41) is 12.3. The van der Waals surface area contributed by atoms with Gasteiger partial charge in [0.15, 0.2) is 0 Å². The van der Waals surface area contributed by atoms with Crippen LogP contribution in [0.1, 0.15) is 37.0 Å². The molecule has 0 aliphatic carbocycles. The summed E-state index contributed by atoms with van der Waals surface area (Å²) < 4.78 is 0. The molecule has 0 aromatic heterocycles. The Morgan fingerprint density at radius 2 is 1.82 bits per heavy atom. The van der Waals surface area contributed by atoms with Crippen LogP contribution >= 0.6 is 23.2 Å². The van der Waals surface area contributed by atoms with Crippen molar-refractivity contribution in [2.24, 2.45) is 10.9 Å². The molecule has 0 radical (unpaired) electrons. The summed E-state index contributed by atoms with van der Waals surface area (Å²) in [6, 6.07) is 18.3. The fraction of sp³-hybridized carbons (Fsp3) is 0.231. The first-order valence-electron chi connectivity index (χ1n) is 11.0. The summed E-state index contributed by atoms with van der Waals surface area (Å²) in [4.78, 5) is 31.3. The van der Waals surface area contributed by atoms with Gasteiger partial charge in [-0.2, -0.15) is 0 Å². The molecule has 0 spiro atoms. The number of non-ortho nitro benzene ring substituents is 1. The standard InChI is InChI=1S/C26H23Cl2N3O3/c1-3-16(2)24-26(32)30(15-17-7-6-8-19(13-17)31(33)34)23-12-11-18(27)14-21(23)25(29-24)20-9-4-5-10-22(20)28/h4-14,16,24H,3,15H2,1-2H3/t16-,24+/m0/s1. The SMILES string of the molecule is CC[C@H](C)[C@H]1N=C(c2ccccc2Cl)c2cc(Cl)ccc2N(Cc2cccc([N+](=O)[O-])c2)C1=O. The number of rotatable bonds is 6. The molecule has 0 saturated carbocycles. The molecule has 1 aliphatic heterocycles. The van der Waals surface area contributed by atoms with Gasteiger partial charge in [-0.25, -0.2) is 0 Å². The van der Waals surface area contributed by atoms with E-state index in [1.165, 1.54) is 12.1 Å². The van der Waals surface area contributed by atoms with Crippen molar-refractivity contribution >= 4 is 46.2 Å². The zero-order valence-electron chi connectivity index (χ0n) is 18.7. The van der Waals surface area contributed by atoms with Gasteiger partial charge in [-0.1, -0.05) is 73.8 Å². The van der Waals surface area contributed by atoms with Crippen molar-refractivity contribution in [3.05, 3.63) is 104 Å². The number of hydrogen-bond donors (Lipinski definition) is 0. The maximum Gasteiger partial charge on any atom is 0.269 e. The van der Waals surface area contributed by atoms with Crippen molar-refractivity contribution in [1.82, 2.24) is 0 Å². The van der Waals surface area contributed by atoms with E-state index in [0.717, 1.165) is 6.42 Å². The number of benzodiazepines with no additional fused rings is 1. The van der Waals surface area contributed by atoms with Crippen LogP contribution in [-0.4, -0.2) is 22.6 Å². The summed E-state index contributed by atoms with van der Waals surface area (Å²) in [7, 11) is 0. The number of amides is 1. The number of carbonyl (C=O) groups is 1. The highest BCUT2D eigenvalue weighted by Gasteiger charge is 2.35. The van der Waals surface area contributed by atoms with E-state index in [-0.39, 0.29) is 24.1 Å². The molecule has 8 heteroatoms. The van der Waals surface area contributed by atoms with Gasteiger partial charge in [0.25, 0.3) is 11.6 Å². The van der Waals surface area contributed by atoms with Crippen LogP contribution in [0.4, 0.5) is 11.4 Å². The second kappa shape index (κ2) is 9.95. The summed E-state index contributed by atoms with van der Waals surface area (Å²) in [5.41, 5.74) is 3.25. The van der Waals surface area contributed by atoms with Crippen LogP contribution in [0.25, 0.3) is 0 Å². The highest BCUT2D eigenvalue weighted by atomic mass is 35.5. The topological polar surface area (TPSA) is 75.8 Å². The largest absolute Gasteiger partial charge is 0.305 e. The number of hydrogen-bond acceptors (Lipinski definition) is 4. The van der Waals surface area contributed by atoms with E-state index in [1.807, 2.05) is 32.0 Å². The van der Waals surface area contributed by atoms with Crippen molar-refractivity contribution in [3.8, 4) is 0 Å². The molecule has 1 heterocycles. The van der Waals surface area contributed by atoms with Gasteiger partial charge < -0.3 is 4.90 Å². The smallest absolute Gasteiger partial charge is 0.269 e. The van der Waals surface area contributed by atoms with Gasteiger partial charge in [-0.3, -0.25) is 19.9 Å². The zero-order chi connectivity index (χ0) is 24.4. The first-order valence-corrected chi connectivity index (χ1v) is 11.7. The first kappa shape index (κ1) is 23.9. The van der Waals surface area contributed by atoms with Crippen LogP contribution in [0.3, 0.4) is 0 Å². The lowest BCUT2D eigenvalue weighted by atomic mass is 9.97. The van der Waals surface area contributed by atoms with Crippen molar-refractivity contribution in [1.29, 1.82) is 0 Å². The molecule has 0 unspecified atom stereocenters. The average Bonchev–Trinajstić information content (AvgIpc) is 2.94. The second-order valence-corrected chi connectivity index (χ2v) is 9.14. The molecule has 0 bridgehead atoms. The number of aliphatic imine (C=N–C) groups is 1. The summed E-state index contributed by atoms with van der Waals surface area (Å²) in [5.74, 6) is -0.214. The van der Waals surface area contributed by atoms with Crippen LogP contribution < -0.4 is 4.90 Å². The number of anilines is 1. The van der Waals surface area contributed by atoms with Gasteiger partial charge in [0.2, 0.25) is 0 Å². The van der Waals surface area contributed by atoms with Crippen molar-refractivity contribution in [2.45, 2.75) is 32.9 Å². The highest BCUT2D eigenvalue weighted by Crippen LogP contribution is 2.35. The van der Waals surface area contributed by atoms with E-state index >= 15 is 0 Å². The molecule has 1 amide bonds. The third-order valence-corrected chi connectivity index (χ3v) is 6.63. The predicted molar refractivity (Wildman–Crippen MR) is 136 cm³/mol. The molecule has 0 N–H and O–H groups in total. The monoisotopic (exact) mass is 495 g/mol. The van der Waals surface area contributed by atoms with E-state index in [2.05, 4.69) is 0 Å². The number of halogens is 2. The molecule has 174 valence electrons. The van der Waals surface area contributed by atoms with Crippen molar-refractivity contribution < 1.29 is 9.72 Å². The Labute approximate surface area is 208 Å². The molecule has 34 heavy (non-hydrogen) atoms. The number of carbonyl (C=O) groups excluding carboxylic acids is 1. The van der Waals surface area contributed by atoms with Gasteiger partial charge >= 0.3 is 0 Å². The molecular formula is C26H23Cl2N3O3. The van der Waals surface area contributed by atoms with Crippen molar-refractivity contribution in [3.63, 3.8) is 0 Å². The van der Waals surface area contributed by atoms with Gasteiger partial charge in [-0.05, 0) is 35.7 Å². The van der Waals surface area contributed by atoms with E-state index in [1.54, 1.807) is 41.3 Å². The zero-order valence-corrected chi connectivity index (χ0v) is 20.3. The van der Waals surface area contributed by atoms with Gasteiger partial charge in [0.1, 0.15) is 6.04 Å². The molecule has 4 rings (SSSR count). The number of nitro groups is 1. The summed E-state index contributed by atoms with van der Waals surface area (Å²) in [6.07, 6.45) is 0.747. The Kier molecular flexibility index (Phi) is 7.00. The fourth-order valence-corrected chi connectivity index (χ4v) is 4.45. The maximum absolute atomic E-state index is 13.9. The molecule has 3 aromatic carbocycles. The minimum Gasteiger partial charge on any atom is -0.305 e. The van der Waals surface area contributed by atoms with Gasteiger partial charge in [-0.15, -0.1) is 0 Å². The average molecular weight is 496 g/mol. The van der Waals surface area contributed by atoms with Crippen LogP contribution in [-0.2, 0) is 11.3 Å². The molecule has 6 nitrogen and oxygen atoms in total. The van der Waals surface area contributed by atoms with Crippen LogP contribution in [0.15, 0.2) is 71.7 Å². The van der Waals surface area contributed by atoms with E-state index in [0.29, 0.717) is 38.1 Å². The maximum atomic E-state index is 13.9. The molecule has 0 fully saturated rings. The Balaban J connectivity index is 1.92. The van der Waals surface area contributed by atoms with Gasteiger partial charge in [0, 0.05) is 33.3 Å². The number of nitro benzene ring substituents is 1. The van der Waals surface area contributed by atoms with Crippen LogP contribution in [0.5, 0.6) is 0 Å². The predicted octanol–water partition coefficient (Wildman–Crippen LogP) is 6.70. The van der Waals surface area contributed by atoms with Gasteiger partial charge in [0.05, 0.1) is 22.9 Å². The second-order valence-electron chi connectivity index (χ2n) is 8.30. The Hall–Kier alpha value is -3.22. The number of fused-ring (bicyclic) bond motifs is 1. The third-order valence-electron chi connectivity index (χ3n) is 6.07. The third kappa shape index (κ3) is 4.69. The lowest BCUT2D eigenvalue weighted by molar-refractivity contribution is -0.384. The lowest BCUT2D eigenvalue weighted by Crippen LogP contribution is -2.40. The highest BCUT2D eigenvalue weighted by molar-refractivity contribution is 6.37. The molecule has 3 aromatic rings. The molecule has 0 saturated heterocycles. The summed E-state index contributed by atoms with van der Waals surface area (Å²) in [6.45, 7) is 4.17. The lowest BCUT2D eigenvalue weighted by Gasteiger charge is -2.27. The summed E-state index contributed by atoms with van der Waals surface area (Å²) >= 11 is 12.9. The van der Waals surface area contributed by atoms with E-state index < -0.39 is 11.0 Å². The minimum absolute atomic E-state index is 0.0254. The Morgan fingerprint density at radius 1 is 1.06 bits per heavy atom. The fourth-order valence-electron chi connectivity index (χ4n) is 4.05. The Bertz CT molecular complexity index is 1290. The first-order chi connectivity index (χ1) is 16.3. The minimum atomic E-state index is -0.652. The molecule has 2 atom stereocenters. The Morgan fingerprint density at radius 3 is 2.53 bits per heavy atom. The van der Waals surface area contributed by atoms with E-state index in [9.17, 15) is 14.9 Å². The molecule has 1 aliphatic rings. The quantitative estimate of drug-likeness (QED) is 0.282. The van der Waals surface area contributed by atoms with Crippen LogP contribution in [0, 0.1) is 16.0 Å². The number of nitrogens with zero attached hydrogens (tertiary/aromatic N) is 3. The normalized spacial score (nSPS) is 16.5. The van der Waals surface area contributed by atoms with Crippen molar-refractivity contribution in [2.75, 3.05) is 4.90 Å². The van der Waals surface area contributed by atoms with Crippen LogP contribution in [0.2, 0.25) is 10.0 Å². The van der Waals surface area contributed by atoms with E-state index in [4.69, 9.17) is 28.2 Å². The number of benzene rings is 3. The molecular weight excluding hydrogens is 473 g/mol.